The number of carbonyl (C=O) groups excluding carboxylic acids is 2. The van der Waals surface area contributed by atoms with Crippen molar-refractivity contribution in [2.75, 3.05) is 11.9 Å². The molecule has 0 radical (unpaired) electrons. The lowest BCUT2D eigenvalue weighted by Gasteiger charge is -2.06. The minimum absolute atomic E-state index is 0.209. The van der Waals surface area contributed by atoms with Crippen molar-refractivity contribution in [2.45, 2.75) is 0 Å². The van der Waals surface area contributed by atoms with Crippen molar-refractivity contribution in [1.82, 2.24) is 0 Å². The summed E-state index contributed by atoms with van der Waals surface area (Å²) in [5.74, 6) is -0.707. The second kappa shape index (κ2) is 7.79. The van der Waals surface area contributed by atoms with Gasteiger partial charge in [-0.1, -0.05) is 18.2 Å². The van der Waals surface area contributed by atoms with Gasteiger partial charge in [-0.2, -0.15) is 0 Å². The number of thiophene rings is 1. The van der Waals surface area contributed by atoms with E-state index in [4.69, 9.17) is 10.5 Å². The first-order valence-electron chi connectivity index (χ1n) is 7.70. The Morgan fingerprint density at radius 2 is 1.77 bits per heavy atom. The van der Waals surface area contributed by atoms with Gasteiger partial charge in [-0.3, -0.25) is 9.59 Å². The van der Waals surface area contributed by atoms with Gasteiger partial charge in [0.2, 0.25) is 0 Å². The lowest BCUT2D eigenvalue weighted by Crippen LogP contribution is -2.20. The molecule has 1 aromatic heterocycles. The molecule has 26 heavy (non-hydrogen) atoms. The molecule has 132 valence electrons. The predicted molar refractivity (Wildman–Crippen MR) is 98.8 cm³/mol. The molecule has 0 saturated carbocycles. The minimum Gasteiger partial charge on any atom is -0.484 e. The largest absolute Gasteiger partial charge is 0.484 e. The van der Waals surface area contributed by atoms with Gasteiger partial charge in [0.25, 0.3) is 11.8 Å². The van der Waals surface area contributed by atoms with Crippen LogP contribution in [0.1, 0.15) is 9.67 Å². The van der Waals surface area contributed by atoms with E-state index in [1.807, 2.05) is 0 Å². The molecule has 0 aliphatic rings. The minimum atomic E-state index is -0.564. The van der Waals surface area contributed by atoms with E-state index in [2.05, 4.69) is 5.32 Å². The number of nitrogens with two attached hydrogens (primary N) is 1. The molecule has 0 fully saturated rings. The van der Waals surface area contributed by atoms with Crippen LogP contribution in [0.3, 0.4) is 0 Å². The van der Waals surface area contributed by atoms with Crippen LogP contribution in [0.25, 0.3) is 10.4 Å². The average Bonchev–Trinajstić information content (AvgIpc) is 3.11. The summed E-state index contributed by atoms with van der Waals surface area (Å²) in [6, 6.07) is 16.4. The first-order valence-corrected chi connectivity index (χ1v) is 8.52. The van der Waals surface area contributed by atoms with Crippen LogP contribution in [0.5, 0.6) is 5.75 Å². The Kier molecular flexibility index (Phi) is 5.28. The number of hydrogen-bond acceptors (Lipinski definition) is 4. The van der Waals surface area contributed by atoms with Crippen LogP contribution in [0.15, 0.2) is 60.7 Å². The molecule has 0 unspecified atom stereocenters. The first kappa shape index (κ1) is 17.6. The number of benzene rings is 2. The standard InChI is InChI=1S/C19H15FN2O3S/c20-15-4-2-1-3-14(15)16-9-10-17(26-16)19(24)22-12-5-7-13(8-6-12)25-11-18(21)23/h1-10H,11H2,(H2,21,23)(H,22,24). The fourth-order valence-electron chi connectivity index (χ4n) is 2.25. The molecule has 3 N–H and O–H groups in total. The maximum atomic E-state index is 13.8. The summed E-state index contributed by atoms with van der Waals surface area (Å²) in [5.41, 5.74) is 6.05. The number of nitrogens with one attached hydrogen (secondary N) is 1. The van der Waals surface area contributed by atoms with Crippen LogP contribution >= 0.6 is 11.3 Å². The number of carbonyl (C=O) groups is 2. The van der Waals surface area contributed by atoms with E-state index < -0.39 is 5.91 Å². The molecule has 2 amide bonds. The van der Waals surface area contributed by atoms with E-state index in [-0.39, 0.29) is 18.3 Å². The zero-order valence-electron chi connectivity index (χ0n) is 13.6. The zero-order chi connectivity index (χ0) is 18.5. The van der Waals surface area contributed by atoms with Crippen molar-refractivity contribution in [3.8, 4) is 16.2 Å². The van der Waals surface area contributed by atoms with Crippen molar-refractivity contribution in [1.29, 1.82) is 0 Å². The van der Waals surface area contributed by atoms with Crippen molar-refractivity contribution < 1.29 is 18.7 Å². The van der Waals surface area contributed by atoms with E-state index in [0.717, 1.165) is 0 Å². The topological polar surface area (TPSA) is 81.4 Å². The molecule has 0 spiro atoms. The number of anilines is 1. The van der Waals surface area contributed by atoms with E-state index in [9.17, 15) is 14.0 Å². The molecule has 0 atom stereocenters. The van der Waals surface area contributed by atoms with E-state index in [1.165, 1.54) is 17.4 Å². The van der Waals surface area contributed by atoms with Crippen LogP contribution in [0, 0.1) is 5.82 Å². The maximum absolute atomic E-state index is 13.8. The molecule has 2 aromatic carbocycles. The average molecular weight is 370 g/mol. The lowest BCUT2D eigenvalue weighted by atomic mass is 10.2. The lowest BCUT2D eigenvalue weighted by molar-refractivity contribution is -0.119. The van der Waals surface area contributed by atoms with Gasteiger partial charge >= 0.3 is 0 Å². The van der Waals surface area contributed by atoms with E-state index in [1.54, 1.807) is 54.6 Å². The number of rotatable bonds is 6. The molecule has 7 heteroatoms. The molecule has 1 heterocycles. The normalized spacial score (nSPS) is 10.3. The van der Waals surface area contributed by atoms with Crippen LogP contribution in [-0.4, -0.2) is 18.4 Å². The Balaban J connectivity index is 1.67. The Morgan fingerprint density at radius 3 is 2.46 bits per heavy atom. The molecule has 0 bridgehead atoms. The summed E-state index contributed by atoms with van der Waals surface area (Å²) < 4.78 is 19.0. The summed E-state index contributed by atoms with van der Waals surface area (Å²) in [6.07, 6.45) is 0. The molecule has 3 aromatic rings. The number of primary amides is 1. The smallest absolute Gasteiger partial charge is 0.265 e. The summed E-state index contributed by atoms with van der Waals surface area (Å²) in [5, 5.41) is 2.76. The second-order valence-electron chi connectivity index (χ2n) is 5.38. The molecular formula is C19H15FN2O3S. The summed E-state index contributed by atoms with van der Waals surface area (Å²) >= 11 is 1.21. The Bertz CT molecular complexity index is 938. The predicted octanol–water partition coefficient (Wildman–Crippen LogP) is 3.67. The van der Waals surface area contributed by atoms with Gasteiger partial charge < -0.3 is 15.8 Å². The highest BCUT2D eigenvalue weighted by Gasteiger charge is 2.12. The highest BCUT2D eigenvalue weighted by atomic mass is 32.1. The SMILES string of the molecule is NC(=O)COc1ccc(NC(=O)c2ccc(-c3ccccc3F)s2)cc1. The van der Waals surface area contributed by atoms with E-state index in [0.29, 0.717) is 26.8 Å². The Labute approximate surface area is 153 Å². The van der Waals surface area contributed by atoms with Crippen molar-refractivity contribution in [2.24, 2.45) is 5.73 Å². The molecule has 0 aliphatic carbocycles. The Morgan fingerprint density at radius 1 is 1.04 bits per heavy atom. The number of amides is 2. The Hall–Kier alpha value is -3.19. The molecule has 5 nitrogen and oxygen atoms in total. The highest BCUT2D eigenvalue weighted by molar-refractivity contribution is 7.17. The van der Waals surface area contributed by atoms with Gasteiger partial charge in [0.05, 0.1) is 4.88 Å². The second-order valence-corrected chi connectivity index (χ2v) is 6.46. The van der Waals surface area contributed by atoms with Crippen LogP contribution in [-0.2, 0) is 4.79 Å². The molecular weight excluding hydrogens is 355 g/mol. The number of hydrogen-bond donors (Lipinski definition) is 2. The fraction of sp³-hybridized carbons (Fsp3) is 0.0526. The fourth-order valence-corrected chi connectivity index (χ4v) is 3.18. The summed E-state index contributed by atoms with van der Waals surface area (Å²) in [6.45, 7) is -0.209. The monoisotopic (exact) mass is 370 g/mol. The van der Waals surface area contributed by atoms with Gasteiger partial charge in [0.15, 0.2) is 6.61 Å². The van der Waals surface area contributed by atoms with Crippen LogP contribution < -0.4 is 15.8 Å². The third-order valence-electron chi connectivity index (χ3n) is 3.46. The third-order valence-corrected chi connectivity index (χ3v) is 4.58. The van der Waals surface area contributed by atoms with Gasteiger partial charge in [-0.05, 0) is 42.5 Å². The van der Waals surface area contributed by atoms with Gasteiger partial charge in [0, 0.05) is 16.1 Å². The maximum Gasteiger partial charge on any atom is 0.265 e. The molecule has 3 rings (SSSR count). The number of ether oxygens (including phenoxy) is 1. The molecule has 0 aliphatic heterocycles. The van der Waals surface area contributed by atoms with Gasteiger partial charge in [-0.25, -0.2) is 4.39 Å². The molecule has 0 saturated heterocycles. The quantitative estimate of drug-likeness (QED) is 0.695. The third kappa shape index (κ3) is 4.25. The van der Waals surface area contributed by atoms with Gasteiger partial charge in [0.1, 0.15) is 11.6 Å². The summed E-state index contributed by atoms with van der Waals surface area (Å²) in [7, 11) is 0. The van der Waals surface area contributed by atoms with Crippen molar-refractivity contribution in [3.05, 3.63) is 71.4 Å². The summed E-state index contributed by atoms with van der Waals surface area (Å²) in [4.78, 5) is 24.2. The van der Waals surface area contributed by atoms with Crippen molar-refractivity contribution >= 4 is 28.8 Å². The number of halogens is 1. The van der Waals surface area contributed by atoms with Crippen LogP contribution in [0.2, 0.25) is 0 Å². The van der Waals surface area contributed by atoms with Crippen LogP contribution in [0.4, 0.5) is 10.1 Å². The van der Waals surface area contributed by atoms with Crippen molar-refractivity contribution in [3.63, 3.8) is 0 Å². The first-order chi connectivity index (χ1) is 12.5. The highest BCUT2D eigenvalue weighted by Crippen LogP contribution is 2.30. The zero-order valence-corrected chi connectivity index (χ0v) is 14.4. The van der Waals surface area contributed by atoms with Gasteiger partial charge in [-0.15, -0.1) is 11.3 Å². The van der Waals surface area contributed by atoms with E-state index >= 15 is 0 Å².